The number of para-hydroxylation sites is 2. The molecule has 4 rings (SSSR count). The highest BCUT2D eigenvalue weighted by Crippen LogP contribution is 2.27. The van der Waals surface area contributed by atoms with Gasteiger partial charge in [-0.3, -0.25) is 4.90 Å². The summed E-state index contributed by atoms with van der Waals surface area (Å²) in [5.74, 6) is 0.354. The van der Waals surface area contributed by atoms with Crippen molar-refractivity contribution in [1.29, 1.82) is 0 Å². The van der Waals surface area contributed by atoms with Gasteiger partial charge in [-0.1, -0.05) is 12.1 Å². The molecule has 0 aliphatic carbocycles. The van der Waals surface area contributed by atoms with Gasteiger partial charge < -0.3 is 10.0 Å². The Hall–Kier alpha value is -2.60. The summed E-state index contributed by atoms with van der Waals surface area (Å²) in [5.41, 5.74) is 3.00. The minimum Gasteiger partial charge on any atom is -0.506 e. The number of aromatic hydroxyl groups is 1. The molecule has 6 heteroatoms. The van der Waals surface area contributed by atoms with Crippen LogP contribution < -0.4 is 4.90 Å². The first kappa shape index (κ1) is 14.0. The molecule has 0 bridgehead atoms. The van der Waals surface area contributed by atoms with Crippen LogP contribution in [0.25, 0.3) is 5.65 Å². The first-order chi connectivity index (χ1) is 11.3. The highest BCUT2D eigenvalue weighted by Gasteiger charge is 2.20. The lowest BCUT2D eigenvalue weighted by Gasteiger charge is -2.36. The lowest BCUT2D eigenvalue weighted by molar-refractivity contribution is 0.250. The smallest absolute Gasteiger partial charge is 0.159 e. The van der Waals surface area contributed by atoms with Gasteiger partial charge in [0.1, 0.15) is 5.75 Å². The normalized spacial score (nSPS) is 16.1. The highest BCUT2D eigenvalue weighted by atomic mass is 16.3. The predicted octanol–water partition coefficient (Wildman–Crippen LogP) is 1.76. The monoisotopic (exact) mass is 309 g/mol. The maximum atomic E-state index is 9.98. The van der Waals surface area contributed by atoms with Crippen LogP contribution in [-0.4, -0.2) is 50.8 Å². The summed E-state index contributed by atoms with van der Waals surface area (Å²) in [6, 6.07) is 9.42. The van der Waals surface area contributed by atoms with Crippen molar-refractivity contribution in [3.05, 3.63) is 54.5 Å². The van der Waals surface area contributed by atoms with Crippen LogP contribution in [0.5, 0.6) is 5.75 Å². The van der Waals surface area contributed by atoms with Gasteiger partial charge in [-0.05, 0) is 18.2 Å². The van der Waals surface area contributed by atoms with Gasteiger partial charge in [-0.15, -0.1) is 0 Å². The largest absolute Gasteiger partial charge is 0.506 e. The summed E-state index contributed by atoms with van der Waals surface area (Å²) in [5, 5.41) is 14.3. The van der Waals surface area contributed by atoms with E-state index in [2.05, 4.69) is 19.9 Å². The van der Waals surface area contributed by atoms with Gasteiger partial charge in [0.25, 0.3) is 0 Å². The van der Waals surface area contributed by atoms with E-state index >= 15 is 0 Å². The van der Waals surface area contributed by atoms with E-state index in [-0.39, 0.29) is 0 Å². The van der Waals surface area contributed by atoms with E-state index in [1.165, 1.54) is 0 Å². The van der Waals surface area contributed by atoms with Crippen LogP contribution in [0.2, 0.25) is 0 Å². The van der Waals surface area contributed by atoms with E-state index in [0.717, 1.165) is 49.6 Å². The number of phenolic OH excluding ortho intramolecular Hbond substituents is 1. The molecule has 1 N–H and O–H groups in total. The van der Waals surface area contributed by atoms with Crippen molar-refractivity contribution in [2.24, 2.45) is 0 Å². The van der Waals surface area contributed by atoms with Crippen molar-refractivity contribution in [3.8, 4) is 5.75 Å². The number of benzene rings is 1. The van der Waals surface area contributed by atoms with Crippen LogP contribution in [0.4, 0.5) is 5.69 Å². The molecule has 0 saturated carbocycles. The molecule has 0 spiro atoms. The summed E-state index contributed by atoms with van der Waals surface area (Å²) >= 11 is 0. The summed E-state index contributed by atoms with van der Waals surface area (Å²) in [6.45, 7) is 4.58. The molecule has 0 amide bonds. The van der Waals surface area contributed by atoms with Crippen LogP contribution in [0.15, 0.2) is 48.9 Å². The Morgan fingerprint density at radius 2 is 1.87 bits per heavy atom. The van der Waals surface area contributed by atoms with Crippen LogP contribution in [0.1, 0.15) is 5.56 Å². The third-order valence-corrected chi connectivity index (χ3v) is 4.34. The van der Waals surface area contributed by atoms with Gasteiger partial charge in [0.2, 0.25) is 0 Å². The molecule has 0 radical (unpaired) electrons. The zero-order chi connectivity index (χ0) is 15.6. The average Bonchev–Trinajstić information content (AvgIpc) is 2.99. The van der Waals surface area contributed by atoms with E-state index in [1.54, 1.807) is 12.3 Å². The van der Waals surface area contributed by atoms with Gasteiger partial charge in [0, 0.05) is 50.7 Å². The highest BCUT2D eigenvalue weighted by molar-refractivity contribution is 5.57. The molecule has 3 aromatic rings. The first-order valence-electron chi connectivity index (χ1n) is 7.84. The molecule has 1 aliphatic heterocycles. The number of fused-ring (bicyclic) bond motifs is 1. The third kappa shape index (κ3) is 2.73. The maximum absolute atomic E-state index is 9.98. The van der Waals surface area contributed by atoms with E-state index in [1.807, 2.05) is 41.2 Å². The zero-order valence-electron chi connectivity index (χ0n) is 12.8. The zero-order valence-corrected chi connectivity index (χ0v) is 12.8. The number of aromatic nitrogens is 3. The van der Waals surface area contributed by atoms with Crippen molar-refractivity contribution >= 4 is 11.3 Å². The Balaban J connectivity index is 1.43. The molecule has 1 saturated heterocycles. The van der Waals surface area contributed by atoms with Crippen molar-refractivity contribution in [3.63, 3.8) is 0 Å². The SMILES string of the molecule is Oc1ccccc1N1CCN(Cc2cnn3cccnc23)CC1. The fourth-order valence-corrected chi connectivity index (χ4v) is 3.11. The Kier molecular flexibility index (Phi) is 3.59. The average molecular weight is 309 g/mol. The number of anilines is 1. The second kappa shape index (κ2) is 5.89. The van der Waals surface area contributed by atoms with E-state index in [4.69, 9.17) is 0 Å². The number of phenols is 1. The topological polar surface area (TPSA) is 56.9 Å². The molecule has 0 unspecified atom stereocenters. The predicted molar refractivity (Wildman–Crippen MR) is 88.6 cm³/mol. The number of piperazine rings is 1. The Morgan fingerprint density at radius 1 is 1.04 bits per heavy atom. The number of hydrogen-bond acceptors (Lipinski definition) is 5. The van der Waals surface area contributed by atoms with Gasteiger partial charge in [0.15, 0.2) is 5.65 Å². The minimum atomic E-state index is 0.354. The molecule has 3 heterocycles. The molecular weight excluding hydrogens is 290 g/mol. The second-order valence-electron chi connectivity index (χ2n) is 5.81. The number of nitrogens with zero attached hydrogens (tertiary/aromatic N) is 5. The fraction of sp³-hybridized carbons (Fsp3) is 0.294. The van der Waals surface area contributed by atoms with Crippen molar-refractivity contribution < 1.29 is 5.11 Å². The van der Waals surface area contributed by atoms with Crippen LogP contribution in [-0.2, 0) is 6.54 Å². The molecule has 2 aromatic heterocycles. The molecule has 1 aliphatic rings. The Bertz CT molecular complexity index is 807. The summed E-state index contributed by atoms with van der Waals surface area (Å²) < 4.78 is 1.81. The number of hydrogen-bond donors (Lipinski definition) is 1. The standard InChI is InChI=1S/C17H19N5O/c23-16-5-2-1-4-15(16)21-10-8-20(9-11-21)13-14-12-19-22-7-3-6-18-17(14)22/h1-7,12,23H,8-11,13H2. The first-order valence-corrected chi connectivity index (χ1v) is 7.84. The van der Waals surface area contributed by atoms with Gasteiger partial charge in [-0.2, -0.15) is 5.10 Å². The van der Waals surface area contributed by atoms with Gasteiger partial charge in [-0.25, -0.2) is 9.50 Å². The van der Waals surface area contributed by atoms with Crippen LogP contribution in [0, 0.1) is 0 Å². The van der Waals surface area contributed by atoms with Crippen LogP contribution in [0.3, 0.4) is 0 Å². The van der Waals surface area contributed by atoms with E-state index < -0.39 is 0 Å². The van der Waals surface area contributed by atoms with Gasteiger partial charge >= 0.3 is 0 Å². The fourth-order valence-electron chi connectivity index (χ4n) is 3.11. The second-order valence-corrected chi connectivity index (χ2v) is 5.81. The Morgan fingerprint density at radius 3 is 2.70 bits per heavy atom. The van der Waals surface area contributed by atoms with Crippen molar-refractivity contribution in [1.82, 2.24) is 19.5 Å². The summed E-state index contributed by atoms with van der Waals surface area (Å²) in [6.07, 6.45) is 5.62. The van der Waals surface area contributed by atoms with E-state index in [9.17, 15) is 5.11 Å². The molecule has 1 aromatic carbocycles. The minimum absolute atomic E-state index is 0.354. The lowest BCUT2D eigenvalue weighted by Crippen LogP contribution is -2.46. The third-order valence-electron chi connectivity index (χ3n) is 4.34. The quantitative estimate of drug-likeness (QED) is 0.799. The van der Waals surface area contributed by atoms with E-state index in [0.29, 0.717) is 5.75 Å². The summed E-state index contributed by atoms with van der Waals surface area (Å²) in [4.78, 5) is 9.05. The summed E-state index contributed by atoms with van der Waals surface area (Å²) in [7, 11) is 0. The van der Waals surface area contributed by atoms with Crippen molar-refractivity contribution in [2.45, 2.75) is 6.54 Å². The maximum Gasteiger partial charge on any atom is 0.159 e. The molecule has 23 heavy (non-hydrogen) atoms. The number of rotatable bonds is 3. The molecule has 0 atom stereocenters. The molecule has 1 fully saturated rings. The Labute approximate surface area is 134 Å². The molecule has 118 valence electrons. The lowest BCUT2D eigenvalue weighted by atomic mass is 10.2. The molecule has 6 nitrogen and oxygen atoms in total. The van der Waals surface area contributed by atoms with Crippen LogP contribution >= 0.6 is 0 Å². The molecular formula is C17H19N5O. The van der Waals surface area contributed by atoms with Gasteiger partial charge in [0.05, 0.1) is 11.9 Å². The van der Waals surface area contributed by atoms with Crippen molar-refractivity contribution in [2.75, 3.05) is 31.1 Å².